The number of rotatable bonds is 4. The van der Waals surface area contributed by atoms with Gasteiger partial charge in [-0.15, -0.1) is 0 Å². The van der Waals surface area contributed by atoms with Gasteiger partial charge in [0.15, 0.2) is 0 Å². The highest BCUT2D eigenvalue weighted by Gasteiger charge is 2.12. The first kappa shape index (κ1) is 16.2. The first-order chi connectivity index (χ1) is 12.8. The lowest BCUT2D eigenvalue weighted by Crippen LogP contribution is -2.09. The molecular formula is C25H21N. The zero-order valence-corrected chi connectivity index (χ0v) is 14.8. The third kappa shape index (κ3) is 3.38. The normalized spacial score (nSPS) is 10.5. The SMILES string of the molecule is Cc1ccc(-c2cccc(N(c3ccccc3)c3ccccc3)c2)cc1. The predicted molar refractivity (Wildman–Crippen MR) is 111 cm³/mol. The summed E-state index contributed by atoms with van der Waals surface area (Å²) < 4.78 is 0. The van der Waals surface area contributed by atoms with Crippen LogP contribution in [0, 0.1) is 6.92 Å². The Morgan fingerprint density at radius 3 is 1.58 bits per heavy atom. The Hall–Kier alpha value is -3.32. The van der Waals surface area contributed by atoms with Crippen LogP contribution in [-0.2, 0) is 0 Å². The van der Waals surface area contributed by atoms with Crippen molar-refractivity contribution in [3.8, 4) is 11.1 Å². The molecule has 0 N–H and O–H groups in total. The van der Waals surface area contributed by atoms with Crippen molar-refractivity contribution >= 4 is 17.1 Å². The van der Waals surface area contributed by atoms with Crippen LogP contribution < -0.4 is 4.90 Å². The van der Waals surface area contributed by atoms with Gasteiger partial charge >= 0.3 is 0 Å². The molecule has 0 unspecified atom stereocenters. The van der Waals surface area contributed by atoms with Gasteiger partial charge in [0.25, 0.3) is 0 Å². The zero-order valence-electron chi connectivity index (χ0n) is 14.8. The van der Waals surface area contributed by atoms with Crippen LogP contribution in [0.1, 0.15) is 5.56 Å². The van der Waals surface area contributed by atoms with E-state index in [1.807, 2.05) is 0 Å². The second-order valence-corrected chi connectivity index (χ2v) is 6.42. The van der Waals surface area contributed by atoms with E-state index < -0.39 is 0 Å². The van der Waals surface area contributed by atoms with Gasteiger partial charge in [0, 0.05) is 17.1 Å². The molecule has 0 saturated heterocycles. The van der Waals surface area contributed by atoms with Gasteiger partial charge in [-0.25, -0.2) is 0 Å². The van der Waals surface area contributed by atoms with E-state index in [4.69, 9.17) is 0 Å². The lowest BCUT2D eigenvalue weighted by atomic mass is 10.0. The highest BCUT2D eigenvalue weighted by atomic mass is 15.1. The molecule has 0 bridgehead atoms. The predicted octanol–water partition coefficient (Wildman–Crippen LogP) is 7.13. The summed E-state index contributed by atoms with van der Waals surface area (Å²) in [7, 11) is 0. The molecule has 0 atom stereocenters. The van der Waals surface area contributed by atoms with Gasteiger partial charge in [0.05, 0.1) is 0 Å². The number of aryl methyl sites for hydroxylation is 1. The smallest absolute Gasteiger partial charge is 0.0467 e. The van der Waals surface area contributed by atoms with Crippen molar-refractivity contribution in [3.63, 3.8) is 0 Å². The van der Waals surface area contributed by atoms with Gasteiger partial charge in [-0.3, -0.25) is 0 Å². The fraction of sp³-hybridized carbons (Fsp3) is 0.0400. The van der Waals surface area contributed by atoms with Crippen molar-refractivity contribution in [1.29, 1.82) is 0 Å². The monoisotopic (exact) mass is 335 g/mol. The van der Waals surface area contributed by atoms with E-state index in [1.54, 1.807) is 0 Å². The molecule has 0 heterocycles. The van der Waals surface area contributed by atoms with Crippen molar-refractivity contribution < 1.29 is 0 Å². The lowest BCUT2D eigenvalue weighted by Gasteiger charge is -2.25. The first-order valence-electron chi connectivity index (χ1n) is 8.88. The van der Waals surface area contributed by atoms with E-state index in [2.05, 4.69) is 121 Å². The Bertz CT molecular complexity index is 934. The molecule has 0 saturated carbocycles. The minimum absolute atomic E-state index is 1.15. The second-order valence-electron chi connectivity index (χ2n) is 6.42. The highest BCUT2D eigenvalue weighted by Crippen LogP contribution is 2.36. The van der Waals surface area contributed by atoms with Crippen LogP contribution in [0.5, 0.6) is 0 Å². The van der Waals surface area contributed by atoms with Crippen molar-refractivity contribution in [1.82, 2.24) is 0 Å². The Labute approximate surface area is 155 Å². The minimum atomic E-state index is 1.15. The molecule has 0 spiro atoms. The summed E-state index contributed by atoms with van der Waals surface area (Å²) in [6.07, 6.45) is 0. The average molecular weight is 335 g/mol. The summed E-state index contributed by atoms with van der Waals surface area (Å²) in [5.41, 5.74) is 7.19. The Morgan fingerprint density at radius 2 is 1.00 bits per heavy atom. The Balaban J connectivity index is 1.82. The van der Waals surface area contributed by atoms with Crippen LogP contribution in [0.2, 0.25) is 0 Å². The number of hydrogen-bond donors (Lipinski definition) is 0. The molecular weight excluding hydrogens is 314 g/mol. The van der Waals surface area contributed by atoms with Crippen LogP contribution in [0.15, 0.2) is 109 Å². The summed E-state index contributed by atoms with van der Waals surface area (Å²) in [6.45, 7) is 2.12. The molecule has 1 nitrogen and oxygen atoms in total. The van der Waals surface area contributed by atoms with E-state index in [1.165, 1.54) is 16.7 Å². The number of para-hydroxylation sites is 2. The van der Waals surface area contributed by atoms with Gasteiger partial charge in [-0.05, 0) is 54.4 Å². The van der Waals surface area contributed by atoms with E-state index in [0.29, 0.717) is 0 Å². The molecule has 126 valence electrons. The molecule has 4 rings (SSSR count). The maximum Gasteiger partial charge on any atom is 0.0467 e. The number of hydrogen-bond acceptors (Lipinski definition) is 1. The Morgan fingerprint density at radius 1 is 0.462 bits per heavy atom. The summed E-state index contributed by atoms with van der Waals surface area (Å²) in [5.74, 6) is 0. The third-order valence-corrected chi connectivity index (χ3v) is 4.52. The molecule has 0 aliphatic carbocycles. The third-order valence-electron chi connectivity index (χ3n) is 4.52. The molecule has 0 amide bonds. The topological polar surface area (TPSA) is 3.24 Å². The van der Waals surface area contributed by atoms with Crippen LogP contribution in [0.4, 0.5) is 17.1 Å². The average Bonchev–Trinajstić information content (AvgIpc) is 2.71. The molecule has 0 aliphatic rings. The molecule has 0 aromatic heterocycles. The van der Waals surface area contributed by atoms with Crippen molar-refractivity contribution in [3.05, 3.63) is 115 Å². The van der Waals surface area contributed by atoms with Crippen molar-refractivity contribution in [2.75, 3.05) is 4.90 Å². The van der Waals surface area contributed by atoms with Gasteiger partial charge in [-0.1, -0.05) is 78.4 Å². The summed E-state index contributed by atoms with van der Waals surface area (Å²) >= 11 is 0. The maximum atomic E-state index is 2.29. The molecule has 0 aliphatic heterocycles. The van der Waals surface area contributed by atoms with Crippen molar-refractivity contribution in [2.45, 2.75) is 6.92 Å². The van der Waals surface area contributed by atoms with Crippen LogP contribution in [-0.4, -0.2) is 0 Å². The standard InChI is InChI=1S/C25H21N/c1-20-15-17-21(18-16-20)22-9-8-14-25(19-22)26(23-10-4-2-5-11-23)24-12-6-3-7-13-24/h2-19H,1H3. The van der Waals surface area contributed by atoms with Crippen molar-refractivity contribution in [2.24, 2.45) is 0 Å². The second kappa shape index (κ2) is 7.28. The molecule has 4 aromatic rings. The van der Waals surface area contributed by atoms with E-state index >= 15 is 0 Å². The van der Waals surface area contributed by atoms with Crippen LogP contribution in [0.3, 0.4) is 0 Å². The van der Waals surface area contributed by atoms with Gasteiger partial charge in [-0.2, -0.15) is 0 Å². The quantitative estimate of drug-likeness (QED) is 0.383. The zero-order chi connectivity index (χ0) is 17.8. The molecule has 4 aromatic carbocycles. The van der Waals surface area contributed by atoms with Gasteiger partial charge < -0.3 is 4.90 Å². The van der Waals surface area contributed by atoms with Gasteiger partial charge in [0.2, 0.25) is 0 Å². The lowest BCUT2D eigenvalue weighted by molar-refractivity contribution is 1.28. The Kier molecular flexibility index (Phi) is 4.53. The largest absolute Gasteiger partial charge is 0.310 e. The van der Waals surface area contributed by atoms with Crippen LogP contribution >= 0.6 is 0 Å². The first-order valence-corrected chi connectivity index (χ1v) is 8.88. The van der Waals surface area contributed by atoms with E-state index in [0.717, 1.165) is 17.1 Å². The number of benzene rings is 4. The number of anilines is 3. The maximum absolute atomic E-state index is 2.29. The molecule has 1 heteroatoms. The highest BCUT2D eigenvalue weighted by molar-refractivity contribution is 5.79. The molecule has 26 heavy (non-hydrogen) atoms. The van der Waals surface area contributed by atoms with Crippen LogP contribution in [0.25, 0.3) is 11.1 Å². The summed E-state index contributed by atoms with van der Waals surface area (Å²) in [5, 5.41) is 0. The van der Waals surface area contributed by atoms with E-state index in [-0.39, 0.29) is 0 Å². The fourth-order valence-corrected chi connectivity index (χ4v) is 3.17. The summed E-state index contributed by atoms with van der Waals surface area (Å²) in [6, 6.07) is 38.4. The molecule has 0 radical (unpaired) electrons. The van der Waals surface area contributed by atoms with Gasteiger partial charge in [0.1, 0.15) is 0 Å². The molecule has 0 fully saturated rings. The minimum Gasteiger partial charge on any atom is -0.310 e. The number of nitrogens with zero attached hydrogens (tertiary/aromatic N) is 1. The van der Waals surface area contributed by atoms with E-state index in [9.17, 15) is 0 Å². The fourth-order valence-electron chi connectivity index (χ4n) is 3.17. The summed E-state index contributed by atoms with van der Waals surface area (Å²) in [4.78, 5) is 2.29.